The highest BCUT2D eigenvalue weighted by Crippen LogP contribution is 2.28. The molecule has 0 N–H and O–H groups in total. The summed E-state index contributed by atoms with van der Waals surface area (Å²) in [6.07, 6.45) is 12.6. The van der Waals surface area contributed by atoms with Gasteiger partial charge >= 0.3 is 5.97 Å². The van der Waals surface area contributed by atoms with E-state index in [1.54, 1.807) is 0 Å². The molecule has 3 rings (SSSR count). The van der Waals surface area contributed by atoms with Gasteiger partial charge in [0.05, 0.1) is 6.61 Å². The third-order valence-corrected chi connectivity index (χ3v) is 6.04. The maximum atomic E-state index is 12.9. The maximum absolute atomic E-state index is 12.9. The van der Waals surface area contributed by atoms with Gasteiger partial charge in [-0.2, -0.15) is 0 Å². The van der Waals surface area contributed by atoms with Crippen molar-refractivity contribution < 1.29 is 14.3 Å². The Morgan fingerprint density at radius 3 is 1.94 bits per heavy atom. The van der Waals surface area contributed by atoms with Crippen LogP contribution in [0.25, 0.3) is 10.8 Å². The average molecular weight is 447 g/mol. The van der Waals surface area contributed by atoms with Gasteiger partial charge in [-0.25, -0.2) is 4.79 Å². The molecule has 3 aromatic carbocycles. The van der Waals surface area contributed by atoms with Crippen LogP contribution >= 0.6 is 0 Å². The number of hydrogen-bond acceptors (Lipinski definition) is 3. The number of carbonyl (C=O) groups excluding carboxylic acids is 1. The van der Waals surface area contributed by atoms with E-state index in [1.807, 2.05) is 66.7 Å². The second kappa shape index (κ2) is 14.4. The molecule has 0 saturated carbocycles. The van der Waals surface area contributed by atoms with Crippen LogP contribution in [0.1, 0.15) is 87.1 Å². The summed E-state index contributed by atoms with van der Waals surface area (Å²) in [5.41, 5.74) is 1.56. The molecule has 3 aromatic rings. The fourth-order valence-electron chi connectivity index (χ4n) is 4.07. The first-order valence-corrected chi connectivity index (χ1v) is 12.6. The second-order valence-electron chi connectivity index (χ2n) is 8.79. The fraction of sp³-hybridized carbons (Fsp3) is 0.433. The van der Waals surface area contributed by atoms with Gasteiger partial charge in [-0.15, -0.1) is 0 Å². The van der Waals surface area contributed by atoms with E-state index < -0.39 is 0 Å². The number of esters is 1. The molecule has 0 spiro atoms. The minimum absolute atomic E-state index is 0.306. The number of unbranched alkanes of at least 4 members (excludes halogenated alkanes) is 9. The molecule has 176 valence electrons. The van der Waals surface area contributed by atoms with Crippen molar-refractivity contribution in [1.29, 1.82) is 0 Å². The lowest BCUT2D eigenvalue weighted by Gasteiger charge is -2.13. The molecule has 0 amide bonds. The summed E-state index contributed by atoms with van der Waals surface area (Å²) in [5, 5.41) is 2.06. The lowest BCUT2D eigenvalue weighted by atomic mass is 10.1. The predicted octanol–water partition coefficient (Wildman–Crippen LogP) is 8.50. The summed E-state index contributed by atoms with van der Waals surface area (Å²) in [4.78, 5) is 12.9. The Kier molecular flexibility index (Phi) is 10.8. The second-order valence-corrected chi connectivity index (χ2v) is 8.79. The lowest BCUT2D eigenvalue weighted by molar-refractivity contribution is 0.0493. The van der Waals surface area contributed by atoms with E-state index in [1.165, 1.54) is 51.4 Å². The van der Waals surface area contributed by atoms with Crippen LogP contribution in [-0.2, 0) is 11.3 Å². The van der Waals surface area contributed by atoms with Gasteiger partial charge in [0.15, 0.2) is 0 Å². The molecule has 0 aliphatic carbocycles. The minimum atomic E-state index is -0.306. The number of carbonyl (C=O) groups is 1. The van der Waals surface area contributed by atoms with E-state index >= 15 is 0 Å². The van der Waals surface area contributed by atoms with E-state index in [2.05, 4.69) is 6.92 Å². The number of rotatable bonds is 15. The normalized spacial score (nSPS) is 10.9. The Hall–Kier alpha value is -2.81. The molecule has 0 aromatic heterocycles. The van der Waals surface area contributed by atoms with E-state index in [0.717, 1.165) is 29.2 Å². The minimum Gasteiger partial charge on any atom is -0.488 e. The molecular formula is C30H38O3. The molecule has 0 heterocycles. The van der Waals surface area contributed by atoms with Gasteiger partial charge in [0.1, 0.15) is 17.9 Å². The van der Waals surface area contributed by atoms with Gasteiger partial charge < -0.3 is 9.47 Å². The van der Waals surface area contributed by atoms with Crippen molar-refractivity contribution in [3.05, 3.63) is 77.9 Å². The monoisotopic (exact) mass is 446 g/mol. The predicted molar refractivity (Wildman–Crippen MR) is 137 cm³/mol. The zero-order chi connectivity index (χ0) is 23.1. The van der Waals surface area contributed by atoms with Crippen molar-refractivity contribution >= 4 is 16.7 Å². The Bertz CT molecular complexity index is 965. The van der Waals surface area contributed by atoms with Crippen LogP contribution in [0, 0.1) is 0 Å². The number of ether oxygens (including phenoxy) is 2. The van der Waals surface area contributed by atoms with Crippen LogP contribution < -0.4 is 4.74 Å². The van der Waals surface area contributed by atoms with Crippen molar-refractivity contribution in [1.82, 2.24) is 0 Å². The molecule has 0 unspecified atom stereocenters. The fourth-order valence-corrected chi connectivity index (χ4v) is 4.07. The highest BCUT2D eigenvalue weighted by atomic mass is 16.5. The Morgan fingerprint density at radius 2 is 1.27 bits per heavy atom. The summed E-state index contributed by atoms with van der Waals surface area (Å²) >= 11 is 0. The summed E-state index contributed by atoms with van der Waals surface area (Å²) < 4.78 is 11.7. The van der Waals surface area contributed by atoms with Gasteiger partial charge in [0.25, 0.3) is 0 Å². The number of fused-ring (bicyclic) bond motifs is 1. The van der Waals surface area contributed by atoms with Gasteiger partial charge in [-0.3, -0.25) is 0 Å². The van der Waals surface area contributed by atoms with E-state index in [-0.39, 0.29) is 5.97 Å². The Labute approximate surface area is 199 Å². The van der Waals surface area contributed by atoms with Crippen LogP contribution in [0.2, 0.25) is 0 Å². The summed E-state index contributed by atoms with van der Waals surface area (Å²) in [6.45, 7) is 3.13. The third kappa shape index (κ3) is 8.57. The molecule has 0 aliphatic rings. The van der Waals surface area contributed by atoms with Crippen molar-refractivity contribution in [2.75, 3.05) is 6.61 Å². The zero-order valence-corrected chi connectivity index (χ0v) is 20.1. The van der Waals surface area contributed by atoms with Crippen molar-refractivity contribution in [2.24, 2.45) is 0 Å². The quantitative estimate of drug-likeness (QED) is 0.173. The number of benzene rings is 3. The molecule has 0 atom stereocenters. The van der Waals surface area contributed by atoms with Crippen molar-refractivity contribution in [2.45, 2.75) is 77.7 Å². The van der Waals surface area contributed by atoms with Crippen molar-refractivity contribution in [3.8, 4) is 5.75 Å². The van der Waals surface area contributed by atoms with Gasteiger partial charge in [0, 0.05) is 0 Å². The van der Waals surface area contributed by atoms with E-state index in [9.17, 15) is 4.79 Å². The SMILES string of the molecule is CCCCCCCCCCCCOC(=O)c1cc2ccccc2cc1OCc1ccccc1. The van der Waals surface area contributed by atoms with Crippen LogP contribution in [0.4, 0.5) is 0 Å². The van der Waals surface area contributed by atoms with Crippen LogP contribution in [0.3, 0.4) is 0 Å². The first kappa shape index (κ1) is 24.8. The molecule has 0 aliphatic heterocycles. The van der Waals surface area contributed by atoms with E-state index in [4.69, 9.17) is 9.47 Å². The third-order valence-electron chi connectivity index (χ3n) is 6.04. The molecule has 3 nitrogen and oxygen atoms in total. The van der Waals surface area contributed by atoms with Crippen molar-refractivity contribution in [3.63, 3.8) is 0 Å². The zero-order valence-electron chi connectivity index (χ0n) is 20.1. The molecule has 0 radical (unpaired) electrons. The van der Waals surface area contributed by atoms with Gasteiger partial charge in [-0.05, 0) is 34.9 Å². The topological polar surface area (TPSA) is 35.5 Å². The largest absolute Gasteiger partial charge is 0.488 e. The van der Waals surface area contributed by atoms with Crippen LogP contribution in [0.15, 0.2) is 66.7 Å². The van der Waals surface area contributed by atoms with Crippen LogP contribution in [-0.4, -0.2) is 12.6 Å². The molecule has 0 saturated heterocycles. The molecule has 0 fully saturated rings. The highest BCUT2D eigenvalue weighted by molar-refractivity contribution is 5.98. The molecular weight excluding hydrogens is 408 g/mol. The first-order chi connectivity index (χ1) is 16.3. The molecule has 33 heavy (non-hydrogen) atoms. The standard InChI is InChI=1S/C30H38O3/c1-2-3-4-5-6-7-8-9-10-16-21-32-30(31)28-22-26-19-14-15-20-27(26)23-29(28)33-24-25-17-12-11-13-18-25/h11-15,17-20,22-23H,2-10,16,21,24H2,1H3. The average Bonchev–Trinajstić information content (AvgIpc) is 2.86. The molecule has 3 heteroatoms. The summed E-state index contributed by atoms with van der Waals surface area (Å²) in [7, 11) is 0. The Morgan fingerprint density at radius 1 is 0.697 bits per heavy atom. The summed E-state index contributed by atoms with van der Waals surface area (Å²) in [6, 6.07) is 21.8. The first-order valence-electron chi connectivity index (χ1n) is 12.6. The Balaban J connectivity index is 1.47. The van der Waals surface area contributed by atoms with E-state index in [0.29, 0.717) is 24.5 Å². The highest BCUT2D eigenvalue weighted by Gasteiger charge is 2.16. The summed E-state index contributed by atoms with van der Waals surface area (Å²) in [5.74, 6) is 0.269. The van der Waals surface area contributed by atoms with Gasteiger partial charge in [0.2, 0.25) is 0 Å². The number of hydrogen-bond donors (Lipinski definition) is 0. The maximum Gasteiger partial charge on any atom is 0.341 e. The lowest BCUT2D eigenvalue weighted by Crippen LogP contribution is -2.09. The smallest absolute Gasteiger partial charge is 0.341 e. The van der Waals surface area contributed by atoms with Crippen LogP contribution in [0.5, 0.6) is 5.75 Å². The molecule has 0 bridgehead atoms. The van der Waals surface area contributed by atoms with Gasteiger partial charge in [-0.1, -0.05) is 119 Å².